The molecule has 3 aromatic rings. The van der Waals surface area contributed by atoms with Crippen LogP contribution in [-0.4, -0.2) is 9.97 Å². The molecule has 0 fully saturated rings. The van der Waals surface area contributed by atoms with Gasteiger partial charge in [-0.15, -0.1) is 0 Å². The SMILES string of the molecule is Cc1cc(Nc2ccc(C(F)(F)F)cn2)c(C)c2ccncc12. The number of aromatic nitrogens is 2. The maximum absolute atomic E-state index is 12.6. The van der Waals surface area contributed by atoms with Crippen molar-refractivity contribution in [1.29, 1.82) is 0 Å². The molecule has 3 nitrogen and oxygen atoms in total. The fourth-order valence-electron chi connectivity index (χ4n) is 2.49. The molecule has 0 saturated heterocycles. The zero-order chi connectivity index (χ0) is 16.6. The molecule has 0 radical (unpaired) electrons. The monoisotopic (exact) mass is 317 g/mol. The summed E-state index contributed by atoms with van der Waals surface area (Å²) >= 11 is 0. The van der Waals surface area contributed by atoms with Crippen LogP contribution in [0.25, 0.3) is 10.8 Å². The molecule has 23 heavy (non-hydrogen) atoms. The van der Waals surface area contributed by atoms with E-state index >= 15 is 0 Å². The van der Waals surface area contributed by atoms with Gasteiger partial charge in [0.25, 0.3) is 0 Å². The summed E-state index contributed by atoms with van der Waals surface area (Å²) in [4.78, 5) is 7.97. The number of pyridine rings is 2. The minimum Gasteiger partial charge on any atom is -0.340 e. The average Bonchev–Trinajstić information content (AvgIpc) is 2.52. The lowest BCUT2D eigenvalue weighted by molar-refractivity contribution is -0.137. The van der Waals surface area contributed by atoms with E-state index in [9.17, 15) is 13.2 Å². The predicted molar refractivity (Wildman–Crippen MR) is 83.7 cm³/mol. The van der Waals surface area contributed by atoms with Gasteiger partial charge in [-0.2, -0.15) is 13.2 Å². The number of anilines is 2. The number of benzene rings is 1. The molecule has 0 aliphatic rings. The highest BCUT2D eigenvalue weighted by Crippen LogP contribution is 2.31. The summed E-state index contributed by atoms with van der Waals surface area (Å²) < 4.78 is 37.7. The van der Waals surface area contributed by atoms with E-state index in [1.807, 2.05) is 26.0 Å². The van der Waals surface area contributed by atoms with Crippen molar-refractivity contribution in [3.8, 4) is 0 Å². The Morgan fingerprint density at radius 2 is 1.78 bits per heavy atom. The van der Waals surface area contributed by atoms with Crippen LogP contribution in [0.5, 0.6) is 0 Å². The molecule has 0 spiro atoms. The molecule has 0 aliphatic heterocycles. The first kappa shape index (κ1) is 15.3. The summed E-state index contributed by atoms with van der Waals surface area (Å²) in [5, 5.41) is 5.19. The maximum Gasteiger partial charge on any atom is 0.417 e. The largest absolute Gasteiger partial charge is 0.417 e. The van der Waals surface area contributed by atoms with Crippen LogP contribution in [0.2, 0.25) is 0 Å². The van der Waals surface area contributed by atoms with E-state index in [4.69, 9.17) is 0 Å². The van der Waals surface area contributed by atoms with E-state index in [2.05, 4.69) is 15.3 Å². The minimum atomic E-state index is -4.38. The fourth-order valence-corrected chi connectivity index (χ4v) is 2.49. The highest BCUT2D eigenvalue weighted by Gasteiger charge is 2.30. The zero-order valence-corrected chi connectivity index (χ0v) is 12.6. The number of nitrogens with one attached hydrogen (secondary N) is 1. The molecule has 0 bridgehead atoms. The van der Waals surface area contributed by atoms with Gasteiger partial charge in [-0.05, 0) is 54.6 Å². The van der Waals surface area contributed by atoms with Crippen LogP contribution in [-0.2, 0) is 6.18 Å². The number of rotatable bonds is 2. The van der Waals surface area contributed by atoms with Crippen molar-refractivity contribution in [3.63, 3.8) is 0 Å². The van der Waals surface area contributed by atoms with Crippen LogP contribution in [0.15, 0.2) is 42.9 Å². The molecular formula is C17H14F3N3. The van der Waals surface area contributed by atoms with E-state index in [1.54, 1.807) is 12.4 Å². The molecule has 0 saturated carbocycles. The van der Waals surface area contributed by atoms with E-state index < -0.39 is 11.7 Å². The smallest absolute Gasteiger partial charge is 0.340 e. The van der Waals surface area contributed by atoms with Crippen molar-refractivity contribution >= 4 is 22.3 Å². The standard InChI is InChI=1S/C17H14F3N3/c1-10-7-15(11(2)13-5-6-21-9-14(10)13)23-16-4-3-12(8-22-16)17(18,19)20/h3-9H,1-2H3,(H,22,23). The van der Waals surface area contributed by atoms with Crippen molar-refractivity contribution in [2.75, 3.05) is 5.32 Å². The molecule has 0 aliphatic carbocycles. The number of halogens is 3. The minimum absolute atomic E-state index is 0.369. The van der Waals surface area contributed by atoms with Gasteiger partial charge in [0.15, 0.2) is 0 Å². The molecular weight excluding hydrogens is 303 g/mol. The quantitative estimate of drug-likeness (QED) is 0.722. The lowest BCUT2D eigenvalue weighted by atomic mass is 10.0. The molecule has 0 amide bonds. The van der Waals surface area contributed by atoms with E-state index in [0.717, 1.165) is 39.8 Å². The van der Waals surface area contributed by atoms with Gasteiger partial charge in [0, 0.05) is 29.7 Å². The van der Waals surface area contributed by atoms with Gasteiger partial charge < -0.3 is 5.32 Å². The van der Waals surface area contributed by atoms with Crippen molar-refractivity contribution < 1.29 is 13.2 Å². The summed E-state index contributed by atoms with van der Waals surface area (Å²) in [5.41, 5.74) is 2.08. The number of alkyl halides is 3. The van der Waals surface area contributed by atoms with Gasteiger partial charge >= 0.3 is 6.18 Å². The normalized spacial score (nSPS) is 11.7. The fraction of sp³-hybridized carbons (Fsp3) is 0.176. The highest BCUT2D eigenvalue weighted by molar-refractivity contribution is 5.92. The van der Waals surface area contributed by atoms with Crippen molar-refractivity contribution in [3.05, 3.63) is 59.5 Å². The third-order valence-corrected chi connectivity index (χ3v) is 3.77. The predicted octanol–water partition coefficient (Wildman–Crippen LogP) is 5.01. The van der Waals surface area contributed by atoms with Gasteiger partial charge in [-0.1, -0.05) is 0 Å². The number of hydrogen-bond acceptors (Lipinski definition) is 3. The van der Waals surface area contributed by atoms with Crippen LogP contribution >= 0.6 is 0 Å². The number of hydrogen-bond donors (Lipinski definition) is 1. The molecule has 2 heterocycles. The molecule has 3 rings (SSSR count). The third-order valence-electron chi connectivity index (χ3n) is 3.77. The van der Waals surface area contributed by atoms with Gasteiger partial charge in [0.2, 0.25) is 0 Å². The Bertz CT molecular complexity index is 855. The first-order valence-electron chi connectivity index (χ1n) is 7.00. The molecule has 6 heteroatoms. The van der Waals surface area contributed by atoms with E-state index in [1.165, 1.54) is 6.07 Å². The first-order valence-corrected chi connectivity index (χ1v) is 7.00. The Labute approximate surface area is 131 Å². The van der Waals surface area contributed by atoms with Crippen LogP contribution in [0.4, 0.5) is 24.7 Å². The second-order valence-electron chi connectivity index (χ2n) is 5.34. The van der Waals surface area contributed by atoms with Gasteiger partial charge in [-0.3, -0.25) is 4.98 Å². The van der Waals surface area contributed by atoms with Crippen LogP contribution in [0, 0.1) is 13.8 Å². The molecule has 1 aromatic carbocycles. The van der Waals surface area contributed by atoms with Crippen LogP contribution in [0.1, 0.15) is 16.7 Å². The first-order chi connectivity index (χ1) is 10.9. The Hall–Kier alpha value is -2.63. The van der Waals surface area contributed by atoms with Gasteiger partial charge in [-0.25, -0.2) is 4.98 Å². The Kier molecular flexibility index (Phi) is 3.67. The van der Waals surface area contributed by atoms with Crippen LogP contribution < -0.4 is 5.32 Å². The van der Waals surface area contributed by atoms with Gasteiger partial charge in [0.1, 0.15) is 5.82 Å². The highest BCUT2D eigenvalue weighted by atomic mass is 19.4. The lowest BCUT2D eigenvalue weighted by Gasteiger charge is -2.14. The molecule has 0 atom stereocenters. The number of nitrogens with zero attached hydrogens (tertiary/aromatic N) is 2. The topological polar surface area (TPSA) is 37.8 Å². The van der Waals surface area contributed by atoms with Crippen molar-refractivity contribution in [1.82, 2.24) is 9.97 Å². The van der Waals surface area contributed by atoms with Gasteiger partial charge in [0.05, 0.1) is 5.56 Å². The van der Waals surface area contributed by atoms with E-state index in [-0.39, 0.29) is 0 Å². The summed E-state index contributed by atoms with van der Waals surface area (Å²) in [6.07, 6.45) is -0.0315. The average molecular weight is 317 g/mol. The van der Waals surface area contributed by atoms with Crippen LogP contribution in [0.3, 0.4) is 0 Å². The molecule has 2 aromatic heterocycles. The zero-order valence-electron chi connectivity index (χ0n) is 12.6. The Morgan fingerprint density at radius 3 is 2.43 bits per heavy atom. The van der Waals surface area contributed by atoms with E-state index in [0.29, 0.717) is 5.82 Å². The summed E-state index contributed by atoms with van der Waals surface area (Å²) in [6.45, 7) is 3.92. The van der Waals surface area contributed by atoms with Crippen molar-refractivity contribution in [2.24, 2.45) is 0 Å². The maximum atomic E-state index is 12.6. The summed E-state index contributed by atoms with van der Waals surface area (Å²) in [5.74, 6) is 0.369. The van der Waals surface area contributed by atoms with Crippen molar-refractivity contribution in [2.45, 2.75) is 20.0 Å². The Balaban J connectivity index is 1.97. The molecule has 0 unspecified atom stereocenters. The second kappa shape index (κ2) is 5.53. The Morgan fingerprint density at radius 1 is 1.00 bits per heavy atom. The number of aryl methyl sites for hydroxylation is 2. The lowest BCUT2D eigenvalue weighted by Crippen LogP contribution is -2.06. The summed E-state index contributed by atoms with van der Waals surface area (Å²) in [6, 6.07) is 6.21. The number of fused-ring (bicyclic) bond motifs is 1. The molecule has 1 N–H and O–H groups in total. The summed E-state index contributed by atoms with van der Waals surface area (Å²) in [7, 11) is 0. The molecule has 118 valence electrons. The third kappa shape index (κ3) is 2.97. The second-order valence-corrected chi connectivity index (χ2v) is 5.34.